The molecule has 3 N–H and O–H groups in total. The van der Waals surface area contributed by atoms with Crippen LogP contribution in [0.15, 0.2) is 58.0 Å². The van der Waals surface area contributed by atoms with Gasteiger partial charge in [-0.05, 0) is 91.1 Å². The number of hydrogen-bond donors (Lipinski definition) is 3. The third kappa shape index (κ3) is 12.9. The lowest BCUT2D eigenvalue weighted by molar-refractivity contribution is -0.148. The van der Waals surface area contributed by atoms with Crippen molar-refractivity contribution < 1.29 is 38.7 Å². The maximum atomic E-state index is 14.8. The highest BCUT2D eigenvalue weighted by atomic mass is 79.9. The van der Waals surface area contributed by atoms with E-state index in [9.17, 15) is 38.7 Å². The van der Waals surface area contributed by atoms with Crippen LogP contribution in [0.2, 0.25) is 0 Å². The number of phenols is 1. The summed E-state index contributed by atoms with van der Waals surface area (Å²) >= 11 is 4.75. The van der Waals surface area contributed by atoms with Gasteiger partial charge in [-0.1, -0.05) is 77.9 Å². The van der Waals surface area contributed by atoms with Crippen LogP contribution in [-0.4, -0.2) is 146 Å². The van der Waals surface area contributed by atoms with Gasteiger partial charge in [0.15, 0.2) is 5.78 Å². The number of Topliss-reactive ketones (excluding diaryl/α,β-unsaturated/α-hetero) is 1. The predicted octanol–water partition coefficient (Wildman–Crippen LogP) is 5.54. The largest absolute Gasteiger partial charge is 0.507 e. The third-order valence-corrected chi connectivity index (χ3v) is 15.0. The summed E-state index contributed by atoms with van der Waals surface area (Å²) in [5.74, 6) is -1.95. The number of benzene rings is 2. The summed E-state index contributed by atoms with van der Waals surface area (Å²) in [6, 6.07) is 9.56. The van der Waals surface area contributed by atoms with Crippen LogP contribution in [0.3, 0.4) is 0 Å². The molecule has 0 spiro atoms. The molecule has 0 aromatic heterocycles. The Morgan fingerprint density at radius 1 is 0.866 bits per heavy atom. The Morgan fingerprint density at radius 3 is 2.07 bits per heavy atom. The third-order valence-electron chi connectivity index (χ3n) is 13.0. The lowest BCUT2D eigenvalue weighted by Gasteiger charge is -2.36. The molecule has 3 heterocycles. The second kappa shape index (κ2) is 22.6. The van der Waals surface area contributed by atoms with Gasteiger partial charge >= 0.3 is 0 Å². The zero-order chi connectivity index (χ0) is 49.5. The molecule has 17 heteroatoms. The van der Waals surface area contributed by atoms with E-state index >= 15 is 0 Å². The van der Waals surface area contributed by atoms with E-state index in [-0.39, 0.29) is 53.8 Å². The van der Waals surface area contributed by atoms with Gasteiger partial charge in [-0.25, -0.2) is 0 Å². The van der Waals surface area contributed by atoms with Crippen LogP contribution >= 0.6 is 27.7 Å². The molecule has 2 aromatic carbocycles. The van der Waals surface area contributed by atoms with Gasteiger partial charge in [-0.3, -0.25) is 38.6 Å². The maximum absolute atomic E-state index is 14.8. The normalized spacial score (nSPS) is 21.3. The number of thioether (sulfide) groups is 1. The van der Waals surface area contributed by atoms with E-state index in [1.165, 1.54) is 27.6 Å². The van der Waals surface area contributed by atoms with Crippen LogP contribution in [0.5, 0.6) is 5.75 Å². The van der Waals surface area contributed by atoms with Gasteiger partial charge < -0.3 is 35.3 Å². The second-order valence-electron chi connectivity index (χ2n) is 19.9. The number of carbonyl (C=O) groups excluding carboxylic acids is 7. The van der Waals surface area contributed by atoms with Crippen LogP contribution in [0, 0.1) is 11.3 Å². The SMILES string of the molecule is CCC(=O)[C@@H]1CCCN1C(=O)[C@H](Cc1ccccc1)N(C)C(=O)[C@@H](CC(C)C)NC(=O)[C@]1(C)CSC([C@@H]2CCCN2C(=O)[C@@H](Cc2ccc(O)c(Br)c2)N(C)C(=O)[C@H](C)NC(=O)C(C)(C)C)=N1. The Kier molecular flexibility index (Phi) is 17.9. The van der Waals surface area contributed by atoms with Crippen LogP contribution in [0.4, 0.5) is 0 Å². The minimum atomic E-state index is -1.29. The molecule has 2 aromatic rings. The first-order chi connectivity index (χ1) is 31.5. The van der Waals surface area contributed by atoms with E-state index in [2.05, 4.69) is 26.6 Å². The Labute approximate surface area is 408 Å². The van der Waals surface area contributed by atoms with Crippen LogP contribution in [-0.2, 0) is 46.4 Å². The van der Waals surface area contributed by atoms with Crippen molar-refractivity contribution in [2.45, 2.75) is 149 Å². The number of rotatable bonds is 18. The Hall–Kier alpha value is -4.77. The van der Waals surface area contributed by atoms with Crippen LogP contribution < -0.4 is 10.6 Å². The monoisotopic (exact) mass is 1010 g/mol. The molecule has 2 fully saturated rings. The summed E-state index contributed by atoms with van der Waals surface area (Å²) in [6.45, 7) is 15.1. The van der Waals surface area contributed by atoms with Crippen molar-refractivity contribution in [1.82, 2.24) is 30.2 Å². The number of aliphatic imine (C=N–C) groups is 1. The number of hydrogen-bond acceptors (Lipinski definition) is 10. The molecule has 0 aliphatic carbocycles. The fourth-order valence-corrected chi connectivity index (χ4v) is 10.7. The fourth-order valence-electron chi connectivity index (χ4n) is 8.94. The molecule has 7 atom stereocenters. The summed E-state index contributed by atoms with van der Waals surface area (Å²) in [7, 11) is 3.15. The topological polar surface area (TPSA) is 189 Å². The molecule has 67 heavy (non-hydrogen) atoms. The number of amides is 6. The molecule has 0 saturated carbocycles. The predicted molar refractivity (Wildman–Crippen MR) is 264 cm³/mol. The number of phenolic OH excluding ortho intramolecular Hbond substituents is 1. The molecule has 5 rings (SSSR count). The molecule has 6 amide bonds. The summed E-state index contributed by atoms with van der Waals surface area (Å²) in [6.07, 6.45) is 3.49. The quantitative estimate of drug-likeness (QED) is 0.172. The van der Waals surface area contributed by atoms with Crippen molar-refractivity contribution in [1.29, 1.82) is 0 Å². The van der Waals surface area contributed by atoms with Gasteiger partial charge in [0.25, 0.3) is 0 Å². The number of likely N-dealkylation sites (tertiary alicyclic amines) is 2. The molecule has 3 aliphatic rings. The van der Waals surface area contributed by atoms with E-state index in [0.29, 0.717) is 66.7 Å². The van der Waals surface area contributed by atoms with Crippen molar-refractivity contribution in [3.05, 3.63) is 64.1 Å². The van der Waals surface area contributed by atoms with Gasteiger partial charge in [-0.2, -0.15) is 0 Å². The first-order valence-corrected chi connectivity index (χ1v) is 25.3. The number of nitrogens with one attached hydrogen (secondary N) is 2. The Morgan fingerprint density at radius 2 is 1.46 bits per heavy atom. The average molecular weight is 1010 g/mol. The van der Waals surface area contributed by atoms with Crippen molar-refractivity contribution >= 4 is 74.0 Å². The Bertz CT molecular complexity index is 2200. The molecule has 0 bridgehead atoms. The molecule has 3 aliphatic heterocycles. The van der Waals surface area contributed by atoms with E-state index < -0.39 is 64.9 Å². The highest BCUT2D eigenvalue weighted by molar-refractivity contribution is 9.10. The first kappa shape index (κ1) is 53.2. The number of halogens is 1. The fraction of sp³-hybridized carbons (Fsp3) is 0.600. The molecule has 0 radical (unpaired) electrons. The standard InChI is InChI=1S/C50H70BrN7O8S/c1-11-40(59)36-19-15-23-57(36)45(63)38(27-32-17-13-12-14-18-32)56(10)44(62)35(25-30(2)3)53-48(66)50(8)29-67-42(54-50)37-20-16-24-58(37)46(64)39(28-33-21-22-41(60)34(51)26-33)55(9)43(61)31(4)52-47(65)49(5,6)7/h12-14,17-18,21-22,26,30-31,35-39,60H,11,15-16,19-20,23-25,27-29H2,1-10H3,(H,52,65)(H,53,66)/t31-,35+,36-,37-,38-,39+,50-/m0/s1. The minimum Gasteiger partial charge on any atom is -0.507 e. The molecule has 15 nitrogen and oxygen atoms in total. The second-order valence-corrected chi connectivity index (χ2v) is 21.8. The lowest BCUT2D eigenvalue weighted by atomic mass is 9.95. The summed E-state index contributed by atoms with van der Waals surface area (Å²) in [5.41, 5.74) is -0.479. The van der Waals surface area contributed by atoms with Gasteiger partial charge in [0.2, 0.25) is 35.4 Å². The number of aromatic hydroxyl groups is 1. The zero-order valence-corrected chi connectivity index (χ0v) is 43.2. The van der Waals surface area contributed by atoms with Gasteiger partial charge in [0.05, 0.1) is 21.6 Å². The minimum absolute atomic E-state index is 0.00247. The summed E-state index contributed by atoms with van der Waals surface area (Å²) < 4.78 is 0.439. The van der Waals surface area contributed by atoms with Gasteiger partial charge in [-0.15, -0.1) is 11.8 Å². The highest BCUT2D eigenvalue weighted by Gasteiger charge is 2.47. The van der Waals surface area contributed by atoms with Crippen molar-refractivity contribution in [2.24, 2.45) is 16.3 Å². The molecular formula is C50H70BrN7O8S. The average Bonchev–Trinajstić information content (AvgIpc) is 4.07. The van der Waals surface area contributed by atoms with E-state index in [4.69, 9.17) is 4.99 Å². The van der Waals surface area contributed by atoms with Crippen molar-refractivity contribution in [3.63, 3.8) is 0 Å². The summed E-state index contributed by atoms with van der Waals surface area (Å²) in [5, 5.41) is 16.6. The number of likely N-dealkylation sites (N-methyl/N-ethyl adjacent to an activating group) is 2. The first-order valence-electron chi connectivity index (χ1n) is 23.5. The van der Waals surface area contributed by atoms with E-state index in [1.807, 2.05) is 44.2 Å². The lowest BCUT2D eigenvalue weighted by Crippen LogP contribution is -2.58. The van der Waals surface area contributed by atoms with Crippen molar-refractivity contribution in [2.75, 3.05) is 32.9 Å². The number of ketones is 1. The number of carbonyl (C=O) groups is 7. The molecule has 0 unspecified atom stereocenters. The van der Waals surface area contributed by atoms with E-state index in [0.717, 1.165) is 5.56 Å². The summed E-state index contributed by atoms with van der Waals surface area (Å²) in [4.78, 5) is 109. The van der Waals surface area contributed by atoms with Gasteiger partial charge in [0.1, 0.15) is 35.5 Å². The highest BCUT2D eigenvalue weighted by Crippen LogP contribution is 2.36. The Balaban J connectivity index is 1.38. The molecule has 2 saturated heterocycles. The molecule has 366 valence electrons. The number of nitrogens with zero attached hydrogens (tertiary/aromatic N) is 5. The van der Waals surface area contributed by atoms with Crippen LogP contribution in [0.1, 0.15) is 105 Å². The van der Waals surface area contributed by atoms with Crippen LogP contribution in [0.25, 0.3) is 0 Å². The van der Waals surface area contributed by atoms with Gasteiger partial charge in [0, 0.05) is 57.6 Å². The van der Waals surface area contributed by atoms with Crippen molar-refractivity contribution in [3.8, 4) is 5.75 Å². The maximum Gasteiger partial charge on any atom is 0.249 e. The smallest absolute Gasteiger partial charge is 0.249 e. The van der Waals surface area contributed by atoms with E-state index in [1.54, 1.807) is 77.6 Å². The zero-order valence-electron chi connectivity index (χ0n) is 40.8. The molecular weight excluding hydrogens is 939 g/mol.